The van der Waals surface area contributed by atoms with E-state index in [4.69, 9.17) is 9.47 Å². The molecule has 3 aliphatic rings. The predicted octanol–water partition coefficient (Wildman–Crippen LogP) is 1.71. The number of ether oxygens (including phenoxy) is 2. The summed E-state index contributed by atoms with van der Waals surface area (Å²) < 4.78 is 13.0. The molecule has 0 bridgehead atoms. The number of carbonyl (C=O) groups excluding carboxylic acids is 1. The number of hydrogen-bond acceptors (Lipinski definition) is 5. The molecule has 3 heterocycles. The Morgan fingerprint density at radius 3 is 2.79 bits per heavy atom. The molecule has 1 aromatic heterocycles. The van der Waals surface area contributed by atoms with Gasteiger partial charge in [0.05, 0.1) is 31.1 Å². The van der Waals surface area contributed by atoms with Crippen molar-refractivity contribution in [3.63, 3.8) is 0 Å². The number of amides is 1. The number of morpholine rings is 1. The molecule has 7 heteroatoms. The number of carbonyl (C=O) groups is 1. The first-order valence-corrected chi connectivity index (χ1v) is 10.6. The van der Waals surface area contributed by atoms with Gasteiger partial charge in [-0.3, -0.25) is 14.4 Å². The Labute approximate surface area is 167 Å². The van der Waals surface area contributed by atoms with Crippen molar-refractivity contribution in [2.24, 2.45) is 18.4 Å². The summed E-state index contributed by atoms with van der Waals surface area (Å²) in [6.07, 6.45) is 6.45. The van der Waals surface area contributed by atoms with Crippen LogP contribution in [0.5, 0.6) is 0 Å². The van der Waals surface area contributed by atoms with Crippen LogP contribution in [0.25, 0.3) is 0 Å². The highest BCUT2D eigenvalue weighted by atomic mass is 16.5. The van der Waals surface area contributed by atoms with Crippen LogP contribution in [-0.2, 0) is 16.5 Å². The van der Waals surface area contributed by atoms with Gasteiger partial charge in [0, 0.05) is 58.0 Å². The smallest absolute Gasteiger partial charge is 0.257 e. The highest BCUT2D eigenvalue weighted by molar-refractivity contribution is 5.95. The largest absolute Gasteiger partial charge is 0.384 e. The molecule has 0 unspecified atom stereocenters. The molecule has 7 nitrogen and oxygen atoms in total. The average molecular weight is 391 g/mol. The van der Waals surface area contributed by atoms with E-state index in [1.54, 1.807) is 11.8 Å². The number of aryl methyl sites for hydroxylation is 2. The van der Waals surface area contributed by atoms with Crippen molar-refractivity contribution in [3.8, 4) is 0 Å². The Balaban J connectivity index is 1.48. The Hall–Kier alpha value is -1.44. The van der Waals surface area contributed by atoms with Gasteiger partial charge >= 0.3 is 0 Å². The molecule has 1 aromatic rings. The standard InChI is InChI=1S/C21H34N4O3/c1-16-19(13-23(2)22-16)20(26)25-7-5-17-12-18(24-8-10-28-11-9-24)4-6-21(17,14-25)15-27-3/h13,17-18H,4-12,14-15H2,1-3H3/t17-,18-,21+/m1/s1. The number of piperidine rings is 1. The van der Waals surface area contributed by atoms with Gasteiger partial charge in [-0.15, -0.1) is 0 Å². The van der Waals surface area contributed by atoms with Crippen molar-refractivity contribution in [1.82, 2.24) is 19.6 Å². The third kappa shape index (κ3) is 3.72. The van der Waals surface area contributed by atoms with Crippen LogP contribution in [-0.4, -0.2) is 84.6 Å². The molecular weight excluding hydrogens is 356 g/mol. The number of methoxy groups -OCH3 is 1. The van der Waals surface area contributed by atoms with Gasteiger partial charge in [-0.05, 0) is 38.5 Å². The normalized spacial score (nSPS) is 31.6. The van der Waals surface area contributed by atoms with Gasteiger partial charge in [-0.2, -0.15) is 5.10 Å². The molecule has 0 radical (unpaired) electrons. The van der Waals surface area contributed by atoms with E-state index in [-0.39, 0.29) is 11.3 Å². The minimum atomic E-state index is 0.0849. The molecule has 2 saturated heterocycles. The molecule has 0 N–H and O–H groups in total. The Morgan fingerprint density at radius 2 is 2.11 bits per heavy atom. The molecule has 0 spiro atoms. The number of nitrogens with zero attached hydrogens (tertiary/aromatic N) is 4. The van der Waals surface area contributed by atoms with E-state index in [1.165, 1.54) is 12.8 Å². The molecule has 3 fully saturated rings. The summed E-state index contributed by atoms with van der Waals surface area (Å²) >= 11 is 0. The van der Waals surface area contributed by atoms with Crippen LogP contribution in [0.2, 0.25) is 0 Å². The molecule has 2 aliphatic heterocycles. The van der Waals surface area contributed by atoms with Crippen LogP contribution in [0.1, 0.15) is 41.7 Å². The van der Waals surface area contributed by atoms with Gasteiger partial charge in [0.15, 0.2) is 0 Å². The van der Waals surface area contributed by atoms with Crippen molar-refractivity contribution in [3.05, 3.63) is 17.5 Å². The molecule has 156 valence electrons. The quantitative estimate of drug-likeness (QED) is 0.783. The lowest BCUT2D eigenvalue weighted by Crippen LogP contribution is -2.58. The van der Waals surface area contributed by atoms with Crippen LogP contribution in [0.15, 0.2) is 6.20 Å². The fraction of sp³-hybridized carbons (Fsp3) is 0.810. The van der Waals surface area contributed by atoms with Gasteiger partial charge in [-0.25, -0.2) is 0 Å². The van der Waals surface area contributed by atoms with Gasteiger partial charge in [-0.1, -0.05) is 0 Å². The maximum atomic E-state index is 13.2. The molecule has 3 atom stereocenters. The second-order valence-electron chi connectivity index (χ2n) is 8.89. The number of rotatable bonds is 4. The lowest BCUT2D eigenvalue weighted by atomic mass is 9.61. The zero-order valence-electron chi connectivity index (χ0n) is 17.5. The van der Waals surface area contributed by atoms with Crippen LogP contribution >= 0.6 is 0 Å². The van der Waals surface area contributed by atoms with Crippen molar-refractivity contribution < 1.29 is 14.3 Å². The molecule has 28 heavy (non-hydrogen) atoms. The van der Waals surface area contributed by atoms with E-state index in [2.05, 4.69) is 14.9 Å². The van der Waals surface area contributed by atoms with Crippen molar-refractivity contribution in [2.45, 2.75) is 38.6 Å². The molecular formula is C21H34N4O3. The average Bonchev–Trinajstić information content (AvgIpc) is 3.05. The number of fused-ring (bicyclic) bond motifs is 1. The van der Waals surface area contributed by atoms with E-state index in [9.17, 15) is 4.79 Å². The fourth-order valence-corrected chi connectivity index (χ4v) is 5.71. The van der Waals surface area contributed by atoms with Crippen molar-refractivity contribution in [2.75, 3.05) is 53.1 Å². The maximum Gasteiger partial charge on any atom is 0.257 e. The monoisotopic (exact) mass is 390 g/mol. The lowest BCUT2D eigenvalue weighted by molar-refractivity contribution is -0.0792. The number of aromatic nitrogens is 2. The van der Waals surface area contributed by atoms with Gasteiger partial charge in [0.1, 0.15) is 0 Å². The second kappa shape index (κ2) is 8.13. The van der Waals surface area contributed by atoms with Crippen molar-refractivity contribution in [1.29, 1.82) is 0 Å². The summed E-state index contributed by atoms with van der Waals surface area (Å²) in [5.41, 5.74) is 1.63. The molecule has 4 rings (SSSR count). The minimum absolute atomic E-state index is 0.0849. The van der Waals surface area contributed by atoms with Crippen LogP contribution in [0, 0.1) is 18.3 Å². The molecule has 0 aromatic carbocycles. The molecule has 1 amide bonds. The maximum absolute atomic E-state index is 13.2. The highest BCUT2D eigenvalue weighted by Crippen LogP contribution is 2.48. The van der Waals surface area contributed by atoms with Crippen LogP contribution < -0.4 is 0 Å². The first-order valence-electron chi connectivity index (χ1n) is 10.6. The topological polar surface area (TPSA) is 59.8 Å². The highest BCUT2D eigenvalue weighted by Gasteiger charge is 2.49. The van der Waals surface area contributed by atoms with Gasteiger partial charge in [0.25, 0.3) is 5.91 Å². The van der Waals surface area contributed by atoms with E-state index >= 15 is 0 Å². The zero-order chi connectivity index (χ0) is 19.7. The zero-order valence-corrected chi connectivity index (χ0v) is 17.5. The van der Waals surface area contributed by atoms with Gasteiger partial charge in [0.2, 0.25) is 0 Å². The molecule has 1 saturated carbocycles. The van der Waals surface area contributed by atoms with E-state index < -0.39 is 0 Å². The molecule has 1 aliphatic carbocycles. The Kier molecular flexibility index (Phi) is 5.76. The third-order valence-corrected chi connectivity index (χ3v) is 7.18. The van der Waals surface area contributed by atoms with Crippen LogP contribution in [0.3, 0.4) is 0 Å². The van der Waals surface area contributed by atoms with E-state index in [0.29, 0.717) is 12.0 Å². The predicted molar refractivity (Wildman–Crippen MR) is 106 cm³/mol. The number of hydrogen-bond donors (Lipinski definition) is 0. The summed E-state index contributed by atoms with van der Waals surface area (Å²) in [6.45, 7) is 8.11. The Bertz CT molecular complexity index is 700. The van der Waals surface area contributed by atoms with Crippen molar-refractivity contribution >= 4 is 5.91 Å². The Morgan fingerprint density at radius 1 is 1.32 bits per heavy atom. The van der Waals surface area contributed by atoms with Crippen LogP contribution in [0.4, 0.5) is 0 Å². The first-order chi connectivity index (χ1) is 13.5. The summed E-state index contributed by atoms with van der Waals surface area (Å²) in [7, 11) is 3.67. The fourth-order valence-electron chi connectivity index (χ4n) is 5.71. The summed E-state index contributed by atoms with van der Waals surface area (Å²) in [6, 6.07) is 0.654. The van der Waals surface area contributed by atoms with E-state index in [0.717, 1.165) is 70.1 Å². The minimum Gasteiger partial charge on any atom is -0.384 e. The first kappa shape index (κ1) is 19.9. The summed E-state index contributed by atoms with van der Waals surface area (Å²) in [5, 5.41) is 4.35. The third-order valence-electron chi connectivity index (χ3n) is 7.18. The number of likely N-dealkylation sites (tertiary alicyclic amines) is 1. The van der Waals surface area contributed by atoms with Gasteiger partial charge < -0.3 is 14.4 Å². The van der Waals surface area contributed by atoms with E-state index in [1.807, 2.05) is 20.2 Å². The second-order valence-corrected chi connectivity index (χ2v) is 8.89. The summed E-state index contributed by atoms with van der Waals surface area (Å²) in [5.74, 6) is 0.739. The summed E-state index contributed by atoms with van der Waals surface area (Å²) in [4.78, 5) is 17.8. The lowest BCUT2D eigenvalue weighted by Gasteiger charge is -2.54. The SMILES string of the molecule is COC[C@@]12CC[C@@H](N3CCOCC3)C[C@H]1CCN(C(=O)c1cn(C)nc1C)C2.